The van der Waals surface area contributed by atoms with Gasteiger partial charge in [-0.2, -0.15) is 0 Å². The topological polar surface area (TPSA) is 94.7 Å². The van der Waals surface area contributed by atoms with E-state index in [1.165, 1.54) is 6.26 Å². The van der Waals surface area contributed by atoms with E-state index in [0.29, 0.717) is 25.1 Å². The molecule has 2 aromatic rings. The van der Waals surface area contributed by atoms with Gasteiger partial charge in [0, 0.05) is 19.0 Å². The highest BCUT2D eigenvalue weighted by Gasteiger charge is 2.16. The van der Waals surface area contributed by atoms with Gasteiger partial charge < -0.3 is 25.3 Å². The molecule has 0 aliphatic carbocycles. The third kappa shape index (κ3) is 5.67. The second kappa shape index (κ2) is 8.24. The van der Waals surface area contributed by atoms with Gasteiger partial charge in [0.1, 0.15) is 17.6 Å². The molecule has 0 saturated heterocycles. The van der Waals surface area contributed by atoms with E-state index in [4.69, 9.17) is 4.42 Å². The molecule has 124 valence electrons. The molecular formula is C17H22N2O4. The van der Waals surface area contributed by atoms with Crippen molar-refractivity contribution in [3.8, 4) is 5.75 Å². The van der Waals surface area contributed by atoms with Crippen molar-refractivity contribution in [2.75, 3.05) is 6.54 Å². The number of phenolic OH excluding ortho intramolecular Hbond substituents is 1. The van der Waals surface area contributed by atoms with Crippen molar-refractivity contribution in [3.63, 3.8) is 0 Å². The second-order valence-electron chi connectivity index (χ2n) is 5.49. The first-order valence-electron chi connectivity index (χ1n) is 7.58. The van der Waals surface area contributed by atoms with Crippen LogP contribution in [0.5, 0.6) is 5.75 Å². The highest BCUT2D eigenvalue weighted by molar-refractivity contribution is 5.74. The zero-order valence-corrected chi connectivity index (χ0v) is 13.0. The van der Waals surface area contributed by atoms with E-state index in [1.54, 1.807) is 30.3 Å². The third-order valence-corrected chi connectivity index (χ3v) is 3.44. The maximum absolute atomic E-state index is 11.8. The Morgan fingerprint density at radius 1 is 1.30 bits per heavy atom. The van der Waals surface area contributed by atoms with E-state index in [0.717, 1.165) is 5.56 Å². The molecule has 0 radical (unpaired) electrons. The molecule has 2 rings (SSSR count). The van der Waals surface area contributed by atoms with Crippen molar-refractivity contribution in [1.82, 2.24) is 10.6 Å². The maximum atomic E-state index is 11.8. The minimum absolute atomic E-state index is 0.198. The molecule has 23 heavy (non-hydrogen) atoms. The molecule has 0 spiro atoms. The van der Waals surface area contributed by atoms with Gasteiger partial charge in [-0.05, 0) is 43.2 Å². The average molecular weight is 318 g/mol. The number of benzene rings is 1. The van der Waals surface area contributed by atoms with Crippen LogP contribution in [0.15, 0.2) is 47.1 Å². The van der Waals surface area contributed by atoms with Crippen LogP contribution in [0, 0.1) is 0 Å². The number of hydrogen-bond donors (Lipinski definition) is 4. The Bertz CT molecular complexity index is 613. The van der Waals surface area contributed by atoms with E-state index < -0.39 is 6.10 Å². The zero-order chi connectivity index (χ0) is 16.7. The van der Waals surface area contributed by atoms with Gasteiger partial charge in [-0.25, -0.2) is 4.79 Å². The number of carbonyl (C=O) groups excluding carboxylic acids is 1. The van der Waals surface area contributed by atoms with Crippen molar-refractivity contribution >= 4 is 6.03 Å². The molecule has 0 aliphatic heterocycles. The predicted octanol–water partition coefficient (Wildman–Crippen LogP) is 2.34. The van der Waals surface area contributed by atoms with Gasteiger partial charge in [0.2, 0.25) is 0 Å². The van der Waals surface area contributed by atoms with Gasteiger partial charge in [-0.15, -0.1) is 0 Å². The largest absolute Gasteiger partial charge is 0.508 e. The summed E-state index contributed by atoms with van der Waals surface area (Å²) in [6.45, 7) is 2.28. The van der Waals surface area contributed by atoms with Crippen LogP contribution in [0.1, 0.15) is 30.8 Å². The molecule has 4 N–H and O–H groups in total. The molecule has 6 heteroatoms. The van der Waals surface area contributed by atoms with Gasteiger partial charge in [-0.1, -0.05) is 12.1 Å². The van der Waals surface area contributed by atoms with Crippen LogP contribution in [0.2, 0.25) is 0 Å². The molecule has 0 bridgehead atoms. The molecule has 2 atom stereocenters. The SMILES string of the molecule is CC(CC(O)c1ccco1)NC(=O)NCCc1cccc(O)c1. The van der Waals surface area contributed by atoms with Crippen LogP contribution < -0.4 is 10.6 Å². The molecule has 2 unspecified atom stereocenters. The summed E-state index contributed by atoms with van der Waals surface area (Å²) in [5, 5.41) is 24.8. The summed E-state index contributed by atoms with van der Waals surface area (Å²) in [6, 6.07) is 9.86. The number of aliphatic hydroxyl groups excluding tert-OH is 1. The lowest BCUT2D eigenvalue weighted by molar-refractivity contribution is 0.129. The number of urea groups is 1. The highest BCUT2D eigenvalue weighted by atomic mass is 16.4. The second-order valence-corrected chi connectivity index (χ2v) is 5.49. The highest BCUT2D eigenvalue weighted by Crippen LogP contribution is 2.18. The van der Waals surface area contributed by atoms with Gasteiger partial charge in [0.25, 0.3) is 0 Å². The molecule has 6 nitrogen and oxygen atoms in total. The normalized spacial score (nSPS) is 13.3. The fraction of sp³-hybridized carbons (Fsp3) is 0.353. The van der Waals surface area contributed by atoms with E-state index >= 15 is 0 Å². The Morgan fingerprint density at radius 3 is 2.83 bits per heavy atom. The number of amides is 2. The third-order valence-electron chi connectivity index (χ3n) is 3.44. The average Bonchev–Trinajstić information content (AvgIpc) is 3.01. The first-order valence-corrected chi connectivity index (χ1v) is 7.58. The number of carbonyl (C=O) groups is 1. The summed E-state index contributed by atoms with van der Waals surface area (Å²) in [5.74, 6) is 0.704. The minimum atomic E-state index is -0.743. The molecule has 1 heterocycles. The van der Waals surface area contributed by atoms with Gasteiger partial charge in [0.05, 0.1) is 6.26 Å². The van der Waals surface area contributed by atoms with E-state index in [-0.39, 0.29) is 17.8 Å². The number of furan rings is 1. The molecule has 2 amide bonds. The first kappa shape index (κ1) is 16.9. The Kier molecular flexibility index (Phi) is 6.05. The van der Waals surface area contributed by atoms with Crippen molar-refractivity contribution in [2.24, 2.45) is 0 Å². The zero-order valence-electron chi connectivity index (χ0n) is 13.0. The summed E-state index contributed by atoms with van der Waals surface area (Å²) < 4.78 is 5.13. The summed E-state index contributed by atoms with van der Waals surface area (Å²) in [7, 11) is 0. The van der Waals surface area contributed by atoms with Crippen LogP contribution in [0.4, 0.5) is 4.79 Å². The van der Waals surface area contributed by atoms with Crippen LogP contribution in [0.3, 0.4) is 0 Å². The first-order chi connectivity index (χ1) is 11.0. The summed E-state index contributed by atoms with van der Waals surface area (Å²) in [5.41, 5.74) is 0.951. The predicted molar refractivity (Wildman–Crippen MR) is 86.1 cm³/mol. The van der Waals surface area contributed by atoms with Crippen LogP contribution in [-0.2, 0) is 6.42 Å². The van der Waals surface area contributed by atoms with E-state index in [2.05, 4.69) is 10.6 Å². The molecule has 0 saturated carbocycles. The number of aliphatic hydroxyl groups is 1. The molecule has 1 aromatic carbocycles. The van der Waals surface area contributed by atoms with Crippen LogP contribution in [0.25, 0.3) is 0 Å². The lowest BCUT2D eigenvalue weighted by atomic mass is 10.1. The number of aromatic hydroxyl groups is 1. The van der Waals surface area contributed by atoms with E-state index in [1.807, 2.05) is 13.0 Å². The Balaban J connectivity index is 1.67. The molecule has 0 aliphatic rings. The molecular weight excluding hydrogens is 296 g/mol. The monoisotopic (exact) mass is 318 g/mol. The number of rotatable bonds is 7. The Morgan fingerprint density at radius 2 is 2.13 bits per heavy atom. The smallest absolute Gasteiger partial charge is 0.315 e. The Hall–Kier alpha value is -2.47. The van der Waals surface area contributed by atoms with Crippen LogP contribution in [-0.4, -0.2) is 28.8 Å². The fourth-order valence-electron chi connectivity index (χ4n) is 2.30. The van der Waals surface area contributed by atoms with Crippen molar-refractivity contribution in [1.29, 1.82) is 0 Å². The number of hydrogen-bond acceptors (Lipinski definition) is 4. The Labute approximate surface area is 135 Å². The number of nitrogens with one attached hydrogen (secondary N) is 2. The maximum Gasteiger partial charge on any atom is 0.315 e. The minimum Gasteiger partial charge on any atom is -0.508 e. The summed E-state index contributed by atoms with van der Waals surface area (Å²) >= 11 is 0. The summed E-state index contributed by atoms with van der Waals surface area (Å²) in [4.78, 5) is 11.8. The van der Waals surface area contributed by atoms with E-state index in [9.17, 15) is 15.0 Å². The molecule has 0 fully saturated rings. The summed E-state index contributed by atoms with van der Waals surface area (Å²) in [6.07, 6.45) is 1.76. The van der Waals surface area contributed by atoms with Gasteiger partial charge >= 0.3 is 6.03 Å². The number of phenols is 1. The van der Waals surface area contributed by atoms with Gasteiger partial charge in [-0.3, -0.25) is 0 Å². The van der Waals surface area contributed by atoms with Crippen molar-refractivity contribution in [3.05, 3.63) is 54.0 Å². The lowest BCUT2D eigenvalue weighted by Crippen LogP contribution is -2.42. The van der Waals surface area contributed by atoms with Crippen LogP contribution >= 0.6 is 0 Å². The van der Waals surface area contributed by atoms with Crippen molar-refractivity contribution in [2.45, 2.75) is 31.9 Å². The molecule has 1 aromatic heterocycles. The van der Waals surface area contributed by atoms with Gasteiger partial charge in [0.15, 0.2) is 0 Å². The fourth-order valence-corrected chi connectivity index (χ4v) is 2.30. The lowest BCUT2D eigenvalue weighted by Gasteiger charge is -2.17. The quantitative estimate of drug-likeness (QED) is 0.630. The standard InChI is InChI=1S/C17H22N2O4/c1-12(10-15(21)16-6-3-9-23-16)19-17(22)18-8-7-13-4-2-5-14(20)11-13/h2-6,9,11-12,15,20-21H,7-8,10H2,1H3,(H2,18,19,22). The van der Waals surface area contributed by atoms with Crippen molar-refractivity contribution < 1.29 is 19.4 Å².